The second kappa shape index (κ2) is 43.2. The van der Waals surface area contributed by atoms with Gasteiger partial charge in [-0.3, -0.25) is 24.2 Å². The Hall–Kier alpha value is -11.4. The molecule has 0 spiro atoms. The quantitative estimate of drug-likeness (QED) is 0.0160. The van der Waals surface area contributed by atoms with Crippen LogP contribution in [0.5, 0.6) is 0 Å². The summed E-state index contributed by atoms with van der Waals surface area (Å²) in [6.45, 7) is 29.0. The van der Waals surface area contributed by atoms with Crippen molar-refractivity contribution in [3.05, 3.63) is 218 Å². The highest BCUT2D eigenvalue weighted by Crippen LogP contribution is 2.60. The second-order valence-electron chi connectivity index (χ2n) is 47.5. The van der Waals surface area contributed by atoms with Crippen molar-refractivity contribution in [2.75, 3.05) is 103 Å². The number of hydrogen-bond donors (Lipinski definition) is 13. The maximum atomic E-state index is 13.1. The fraction of sp³-hybridized carbons (Fsp3) is 0.551. The molecule has 12 heterocycles. The lowest BCUT2D eigenvalue weighted by Crippen LogP contribution is -2.54. The molecular weight excluding hydrogens is 1870 g/mol. The third kappa shape index (κ3) is 23.7. The van der Waals surface area contributed by atoms with E-state index in [0.717, 1.165) is 205 Å². The predicted octanol–water partition coefficient (Wildman–Crippen LogP) is 20.2. The van der Waals surface area contributed by atoms with Crippen LogP contribution in [0.15, 0.2) is 122 Å². The van der Waals surface area contributed by atoms with Crippen LogP contribution in [0.4, 0.5) is 28.6 Å². The minimum atomic E-state index is -1.31. The van der Waals surface area contributed by atoms with Crippen LogP contribution < -0.4 is 21.3 Å². The smallest absolute Gasteiger partial charge is 0.314 e. The second-order valence-corrected chi connectivity index (χ2v) is 47.5. The minimum Gasteiger partial charge on any atom is -0.393 e. The molecule has 30 nitrogen and oxygen atoms in total. The zero-order valence-electron chi connectivity index (χ0n) is 88.3. The molecule has 4 aromatic heterocycles. The van der Waals surface area contributed by atoms with Gasteiger partial charge in [0.2, 0.25) is 5.82 Å². The number of carbonyl (C=O) groups excluding carboxylic acids is 4. The number of carbonyl (C=O) groups is 4. The molecule has 0 radical (unpaired) electrons. The number of nitrogens with zero attached hydrogens (tertiary/aromatic N) is 5. The van der Waals surface area contributed by atoms with Gasteiger partial charge in [0, 0.05) is 98.2 Å². The molecule has 8 saturated heterocycles. The van der Waals surface area contributed by atoms with Gasteiger partial charge in [0.25, 0.3) is 23.5 Å². The van der Waals surface area contributed by atoms with Crippen molar-refractivity contribution in [3.63, 3.8) is 0 Å². The molecule has 8 fully saturated rings. The van der Waals surface area contributed by atoms with Crippen LogP contribution in [0.2, 0.25) is 0 Å². The Labute approximate surface area is 869 Å². The minimum absolute atomic E-state index is 0.0327. The van der Waals surface area contributed by atoms with Crippen molar-refractivity contribution in [2.45, 2.75) is 310 Å². The van der Waals surface area contributed by atoms with Crippen molar-refractivity contribution < 1.29 is 82.6 Å². The van der Waals surface area contributed by atoms with Gasteiger partial charge in [-0.1, -0.05) is 122 Å². The van der Waals surface area contributed by atoms with Crippen LogP contribution >= 0.6 is 0 Å². The lowest BCUT2D eigenvalue weighted by molar-refractivity contribution is -0.231. The van der Waals surface area contributed by atoms with E-state index >= 15 is 0 Å². The number of ether oxygens (including phenoxy) is 8. The molecule has 12 aliphatic rings. The summed E-state index contributed by atoms with van der Waals surface area (Å²) in [6, 6.07) is 24.7. The highest BCUT2D eigenvalue weighted by atomic mass is 16.6. The summed E-state index contributed by atoms with van der Waals surface area (Å²) in [7, 11) is 6.99. The molecule has 4 unspecified atom stereocenters. The summed E-state index contributed by atoms with van der Waals surface area (Å²) in [4.78, 5) is 83.2. The van der Waals surface area contributed by atoms with Gasteiger partial charge in [-0.2, -0.15) is 0 Å². The number of methoxy groups -OCH3 is 4. The summed E-state index contributed by atoms with van der Waals surface area (Å²) < 4.78 is 48.2. The highest BCUT2D eigenvalue weighted by Gasteiger charge is 2.62. The van der Waals surface area contributed by atoms with E-state index in [1.54, 1.807) is 46.8 Å². The molecule has 13 N–H and O–H groups in total. The number of terminal acetylenes is 2. The number of amides is 4. The van der Waals surface area contributed by atoms with Crippen molar-refractivity contribution in [1.29, 1.82) is 0 Å². The number of fused-ring (bicyclic) bond motifs is 8. The number of H-pyrrole nitrogens is 4. The Bertz CT molecular complexity index is 6250. The molecule has 8 aliphatic heterocycles. The molecule has 4 aliphatic carbocycles. The Kier molecular flexibility index (Phi) is 31.5. The van der Waals surface area contributed by atoms with Crippen molar-refractivity contribution in [1.82, 2.24) is 39.9 Å². The van der Waals surface area contributed by atoms with Crippen molar-refractivity contribution in [3.8, 4) is 24.7 Å². The molecule has 148 heavy (non-hydrogen) atoms. The van der Waals surface area contributed by atoms with Crippen LogP contribution in [0, 0.1) is 59.8 Å². The van der Waals surface area contributed by atoms with Crippen LogP contribution in [-0.2, 0) is 43.5 Å². The normalized spacial score (nSPS) is 29.0. The highest BCUT2D eigenvalue weighted by molar-refractivity contribution is 6.06. The number of aromatic nitrogens is 8. The van der Waals surface area contributed by atoms with E-state index < -0.39 is 33.9 Å². The zero-order valence-corrected chi connectivity index (χ0v) is 88.3. The van der Waals surface area contributed by atoms with E-state index in [4.69, 9.17) is 57.3 Å². The first-order valence-corrected chi connectivity index (χ1v) is 52.6. The SMILES string of the molecule is C#Cc1cnc(C(=O)Nc2ccc(C3C[C@@]4(COC)CC[C@@](COC)(C3)O4)cc2C2=CCC(C)(C)CC2)[nH]1.C#Cc1cnc(C(=O)Nc2ccc(C3C[C@@]4(COC)CC[C@@](COC)(C3)O4)cc2C2=CCC(C)(C)CC2)[nH]1.Cc1cnc(C(=O)Nc2ccc(C3C[C@]4(CO)CC[C@](CO)(C3)O4)cc2C2=CCC(C)(C)CC2)[nH]1.[C-]#[N+]c1cnc(C(=O)Nc2ccc(C3(O)C[C@]4(CO)CC[C@](CO)(C3)O4)cc2C2=CCC(C)(C)CC2)[nH]1. The monoisotopic (exact) mass is 2020 g/mol. The summed E-state index contributed by atoms with van der Waals surface area (Å²) >= 11 is 0. The number of aromatic amines is 4. The molecule has 8 bridgehead atoms. The molecule has 4 amide bonds. The van der Waals surface area contributed by atoms with Gasteiger partial charge in [0.1, 0.15) is 11.4 Å². The number of aliphatic hydroxyl groups is 5. The third-order valence-electron chi connectivity index (χ3n) is 33.7. The largest absolute Gasteiger partial charge is 0.393 e. The molecule has 20 rings (SSSR count). The third-order valence-corrected chi connectivity index (χ3v) is 33.7. The Morgan fingerprint density at radius 2 is 0.682 bits per heavy atom. The molecule has 12 atom stereocenters. The van der Waals surface area contributed by atoms with Gasteiger partial charge in [-0.15, -0.1) is 12.8 Å². The average Bonchev–Trinajstić information content (AvgIpc) is 1.54. The number of imidazole rings is 4. The van der Waals surface area contributed by atoms with Crippen LogP contribution in [0.25, 0.3) is 27.1 Å². The standard InChI is InChI=1S/2C31H39N3O4.C28H34N4O5.C28H37N3O4/c2*1-6-24-18-32-27(33-24)28(35)34-26-8-7-22(15-25(26)21-9-11-29(2,3)12-10-21)23-16-30(19-36-4)13-14-31(17-23,38-30)20-37-5;1-25(2)8-6-18(7-9-25)20-12-19(4-5-21(20)31-24(35)23-30-13-22(29-3)32-23)28(36)14-26(16-33)10-11-27(15-28,17-34)37-26;1-18-15-29-24(30-18)25(34)31-23-5-4-20(12-22(23)19-6-8-26(2,3)9-7-19)21-13-27(16-32)10-11-28(14-21,17-33)35-27/h2*1,7-9,15,18,23H,10-14,16-17,19-20H2,2-5H3,(H,32,33)(H,34,35);4-6,12-13,33-34,36H,7-11,14-17H2,1-2H3,(H,30,32)(H,31,35);4-6,12,15,21,32-33H,7-11,13-14,16-17H2,1-3H3,(H,29,30)(H,31,34)/t2*23?,30-,31+;26-,27+,28?;21?,27-,28+. The summed E-state index contributed by atoms with van der Waals surface area (Å²) in [6.07, 6.45) is 50.1. The van der Waals surface area contributed by atoms with Crippen molar-refractivity contribution in [2.24, 2.45) is 21.7 Å². The Morgan fingerprint density at radius 3 is 0.973 bits per heavy atom. The first-order valence-electron chi connectivity index (χ1n) is 52.6. The topological polar surface area (TPSA) is 410 Å². The van der Waals surface area contributed by atoms with E-state index in [-0.39, 0.29) is 130 Å². The first kappa shape index (κ1) is 108. The number of rotatable bonds is 28. The predicted molar refractivity (Wildman–Crippen MR) is 569 cm³/mol. The number of anilines is 4. The number of aryl methyl sites for hydroxylation is 1. The number of benzene rings is 4. The molecule has 0 saturated carbocycles. The van der Waals surface area contributed by atoms with Crippen molar-refractivity contribution >= 4 is 74.5 Å². The van der Waals surface area contributed by atoms with E-state index in [1.807, 2.05) is 31.2 Å². The Balaban J connectivity index is 0.000000135. The summed E-state index contributed by atoms with van der Waals surface area (Å²) in [5.41, 5.74) is 13.7. The van der Waals surface area contributed by atoms with Gasteiger partial charge in [0.15, 0.2) is 17.5 Å². The van der Waals surface area contributed by atoms with Gasteiger partial charge in [0.05, 0.1) is 122 Å². The summed E-state index contributed by atoms with van der Waals surface area (Å²) in [5, 5.41) is 64.7. The lowest BCUT2D eigenvalue weighted by atomic mass is 9.74. The van der Waals surface area contributed by atoms with E-state index in [1.165, 1.54) is 52.0 Å². The number of hydrogen-bond acceptors (Lipinski definition) is 21. The maximum absolute atomic E-state index is 13.1. The molecule has 4 aromatic carbocycles. The van der Waals surface area contributed by atoms with Crippen LogP contribution in [0.3, 0.4) is 0 Å². The number of allylic oxidation sites excluding steroid dienone is 8. The van der Waals surface area contributed by atoms with E-state index in [9.17, 15) is 44.7 Å². The van der Waals surface area contributed by atoms with E-state index in [2.05, 4.69) is 194 Å². The average molecular weight is 2020 g/mol. The van der Waals surface area contributed by atoms with E-state index in [0.29, 0.717) is 79.6 Å². The molecular formula is C118H149N13O17. The van der Waals surface area contributed by atoms with Gasteiger partial charge in [-0.25, -0.2) is 19.9 Å². The van der Waals surface area contributed by atoms with Crippen LogP contribution in [-0.4, -0.2) is 215 Å². The fourth-order valence-electron chi connectivity index (χ4n) is 25.3. The lowest BCUT2D eigenvalue weighted by Gasteiger charge is -2.47. The fourth-order valence-corrected chi connectivity index (χ4v) is 25.3. The molecule has 8 aromatic rings. The molecule has 30 heteroatoms. The first-order chi connectivity index (χ1) is 70.6. The summed E-state index contributed by atoms with van der Waals surface area (Å²) in [5.74, 6) is 5.37. The zero-order chi connectivity index (χ0) is 105. The number of nitrogens with one attached hydrogen (secondary N) is 8. The van der Waals surface area contributed by atoms with Crippen LogP contribution in [0.1, 0.15) is 357 Å². The Morgan fingerprint density at radius 1 is 0.399 bits per heavy atom. The number of aliphatic hydroxyl groups excluding tert-OH is 4. The maximum Gasteiger partial charge on any atom is 0.314 e. The van der Waals surface area contributed by atoms with Gasteiger partial charge < -0.3 is 104 Å². The van der Waals surface area contributed by atoms with Gasteiger partial charge >= 0.3 is 5.91 Å². The van der Waals surface area contributed by atoms with Gasteiger partial charge in [-0.05, 0) is 306 Å². The molecule has 788 valence electrons.